The first kappa shape index (κ1) is 14.4. The van der Waals surface area contributed by atoms with Gasteiger partial charge in [0, 0.05) is 10.5 Å². The molecule has 1 aromatic rings. The first-order chi connectivity index (χ1) is 10.1. The number of carbonyl (C=O) groups is 1. The van der Waals surface area contributed by atoms with Gasteiger partial charge in [-0.05, 0) is 53.2 Å². The zero-order chi connectivity index (χ0) is 15.0. The van der Waals surface area contributed by atoms with Crippen LogP contribution in [0.4, 0.5) is 5.69 Å². The topological polar surface area (TPSA) is 64.3 Å². The van der Waals surface area contributed by atoms with Crippen LogP contribution in [-0.2, 0) is 4.79 Å². The first-order valence-electron chi connectivity index (χ1n) is 7.33. The molecule has 21 heavy (non-hydrogen) atoms. The molecule has 1 saturated carbocycles. The third-order valence-electron chi connectivity index (χ3n) is 4.75. The predicted octanol–water partition coefficient (Wildman–Crippen LogP) is 3.54. The molecule has 1 aliphatic carbocycles. The summed E-state index contributed by atoms with van der Waals surface area (Å²) in [6.07, 6.45) is 5.13. The van der Waals surface area contributed by atoms with Gasteiger partial charge in [-0.25, -0.2) is 4.79 Å². The molecular weight excluding hydrogens is 332 g/mol. The molecule has 3 rings (SSSR count). The molecule has 1 aliphatic heterocycles. The van der Waals surface area contributed by atoms with Crippen molar-refractivity contribution in [2.45, 2.75) is 44.2 Å². The molecule has 2 aliphatic rings. The third-order valence-corrected chi connectivity index (χ3v) is 5.42. The van der Waals surface area contributed by atoms with Crippen molar-refractivity contribution < 1.29 is 9.90 Å². The van der Waals surface area contributed by atoms with Crippen LogP contribution in [0.15, 0.2) is 22.7 Å². The highest BCUT2D eigenvalue weighted by molar-refractivity contribution is 9.10. The van der Waals surface area contributed by atoms with Crippen molar-refractivity contribution in [2.75, 3.05) is 4.90 Å². The standard InChI is InChI=1S/C16H17BrN2O2/c17-12-5-3-7-14(11(12)9-18)19-13-6-2-1-4-10(13)8-15(19)16(20)21/h3,5,7,10,13,15H,1-2,4,6,8H2,(H,20,21). The Morgan fingerprint density at radius 1 is 1.38 bits per heavy atom. The van der Waals surface area contributed by atoms with Crippen LogP contribution in [0.2, 0.25) is 0 Å². The van der Waals surface area contributed by atoms with Gasteiger partial charge < -0.3 is 10.0 Å². The minimum Gasteiger partial charge on any atom is -0.480 e. The van der Waals surface area contributed by atoms with E-state index in [0.29, 0.717) is 17.9 Å². The molecule has 0 radical (unpaired) electrons. The van der Waals surface area contributed by atoms with Gasteiger partial charge in [0.1, 0.15) is 12.1 Å². The van der Waals surface area contributed by atoms with Crippen LogP contribution in [0.3, 0.4) is 0 Å². The van der Waals surface area contributed by atoms with E-state index in [1.165, 1.54) is 6.42 Å². The van der Waals surface area contributed by atoms with Crippen molar-refractivity contribution in [1.82, 2.24) is 0 Å². The van der Waals surface area contributed by atoms with E-state index >= 15 is 0 Å². The van der Waals surface area contributed by atoms with Gasteiger partial charge in [-0.15, -0.1) is 0 Å². The smallest absolute Gasteiger partial charge is 0.326 e. The Balaban J connectivity index is 2.07. The van der Waals surface area contributed by atoms with E-state index in [4.69, 9.17) is 0 Å². The molecule has 0 amide bonds. The summed E-state index contributed by atoms with van der Waals surface area (Å²) in [6, 6.07) is 7.52. The summed E-state index contributed by atoms with van der Waals surface area (Å²) in [4.78, 5) is 13.7. The molecule has 1 N–H and O–H groups in total. The van der Waals surface area contributed by atoms with Crippen LogP contribution < -0.4 is 4.90 Å². The molecule has 0 spiro atoms. The van der Waals surface area contributed by atoms with Crippen molar-refractivity contribution in [3.8, 4) is 6.07 Å². The number of benzene rings is 1. The molecule has 1 heterocycles. The molecule has 3 atom stereocenters. The van der Waals surface area contributed by atoms with E-state index in [0.717, 1.165) is 29.4 Å². The number of rotatable bonds is 2. The highest BCUT2D eigenvalue weighted by atomic mass is 79.9. The number of anilines is 1. The Bertz CT molecular complexity index is 611. The fourth-order valence-corrected chi connectivity index (χ4v) is 4.31. The molecule has 1 saturated heterocycles. The molecule has 5 heteroatoms. The molecule has 2 fully saturated rings. The number of hydrogen-bond acceptors (Lipinski definition) is 3. The lowest BCUT2D eigenvalue weighted by molar-refractivity contribution is -0.138. The monoisotopic (exact) mass is 348 g/mol. The molecule has 0 bridgehead atoms. The number of fused-ring (bicyclic) bond motifs is 1. The summed E-state index contributed by atoms with van der Waals surface area (Å²) in [5.74, 6) is -0.348. The minimum absolute atomic E-state index is 0.251. The van der Waals surface area contributed by atoms with E-state index in [-0.39, 0.29) is 6.04 Å². The highest BCUT2D eigenvalue weighted by Crippen LogP contribution is 2.44. The molecule has 110 valence electrons. The van der Waals surface area contributed by atoms with Crippen LogP contribution in [0.1, 0.15) is 37.7 Å². The Hall–Kier alpha value is -1.54. The van der Waals surface area contributed by atoms with Crippen LogP contribution >= 0.6 is 15.9 Å². The summed E-state index contributed by atoms with van der Waals surface area (Å²) in [5.41, 5.74) is 1.30. The number of nitriles is 1. The summed E-state index contributed by atoms with van der Waals surface area (Å²) in [6.45, 7) is 0. The third kappa shape index (κ3) is 2.42. The van der Waals surface area contributed by atoms with E-state index < -0.39 is 12.0 Å². The second-order valence-corrected chi connectivity index (χ2v) is 6.71. The number of carboxylic acids is 1. The molecule has 3 unspecified atom stereocenters. The molecule has 0 aromatic heterocycles. The second-order valence-electron chi connectivity index (χ2n) is 5.85. The fraction of sp³-hybridized carbons (Fsp3) is 0.500. The van der Waals surface area contributed by atoms with E-state index in [2.05, 4.69) is 22.0 Å². The minimum atomic E-state index is -0.784. The zero-order valence-corrected chi connectivity index (χ0v) is 13.2. The van der Waals surface area contributed by atoms with Crippen LogP contribution in [-0.4, -0.2) is 23.2 Å². The maximum Gasteiger partial charge on any atom is 0.326 e. The van der Waals surface area contributed by atoms with Crippen molar-refractivity contribution in [3.63, 3.8) is 0 Å². The maximum atomic E-state index is 11.7. The first-order valence-corrected chi connectivity index (χ1v) is 8.12. The largest absolute Gasteiger partial charge is 0.480 e. The Kier molecular flexibility index (Phi) is 3.90. The van der Waals surface area contributed by atoms with Gasteiger partial charge in [-0.3, -0.25) is 0 Å². The average Bonchev–Trinajstić information content (AvgIpc) is 2.86. The lowest BCUT2D eigenvalue weighted by Gasteiger charge is -2.35. The molecular formula is C16H17BrN2O2. The summed E-state index contributed by atoms with van der Waals surface area (Å²) in [5, 5.41) is 19.0. The van der Waals surface area contributed by atoms with Crippen LogP contribution in [0.25, 0.3) is 0 Å². The normalized spacial score (nSPS) is 28.0. The van der Waals surface area contributed by atoms with Crippen molar-refractivity contribution >= 4 is 27.6 Å². The van der Waals surface area contributed by atoms with Gasteiger partial charge in [0.15, 0.2) is 0 Å². The lowest BCUT2D eigenvalue weighted by Crippen LogP contribution is -2.42. The van der Waals surface area contributed by atoms with Crippen LogP contribution in [0, 0.1) is 17.2 Å². The van der Waals surface area contributed by atoms with Gasteiger partial charge in [0.25, 0.3) is 0 Å². The molecule has 4 nitrogen and oxygen atoms in total. The summed E-state index contributed by atoms with van der Waals surface area (Å²) >= 11 is 3.40. The number of carboxylic acid groups (broad SMARTS) is 1. The van der Waals surface area contributed by atoms with Crippen molar-refractivity contribution in [3.05, 3.63) is 28.2 Å². The molecule has 1 aromatic carbocycles. The predicted molar refractivity (Wildman–Crippen MR) is 83.1 cm³/mol. The number of hydrogen-bond donors (Lipinski definition) is 1. The van der Waals surface area contributed by atoms with Gasteiger partial charge in [-0.2, -0.15) is 5.26 Å². The van der Waals surface area contributed by atoms with Crippen LogP contribution in [0.5, 0.6) is 0 Å². The SMILES string of the molecule is N#Cc1c(Br)cccc1N1C(C(=O)O)CC2CCCCC21. The number of nitrogens with zero attached hydrogens (tertiary/aromatic N) is 2. The quantitative estimate of drug-likeness (QED) is 0.887. The van der Waals surface area contributed by atoms with Gasteiger partial charge >= 0.3 is 5.97 Å². The van der Waals surface area contributed by atoms with Crippen molar-refractivity contribution in [1.29, 1.82) is 5.26 Å². The Morgan fingerprint density at radius 3 is 2.86 bits per heavy atom. The summed E-state index contributed by atoms with van der Waals surface area (Å²) < 4.78 is 0.728. The fourth-order valence-electron chi connectivity index (χ4n) is 3.87. The second kappa shape index (κ2) is 5.69. The number of aliphatic carboxylic acids is 1. The average molecular weight is 349 g/mol. The van der Waals surface area contributed by atoms with Gasteiger partial charge in [0.05, 0.1) is 11.3 Å². The van der Waals surface area contributed by atoms with Crippen molar-refractivity contribution in [2.24, 2.45) is 5.92 Å². The summed E-state index contributed by atoms with van der Waals surface area (Å²) in [7, 11) is 0. The number of halogens is 1. The van der Waals surface area contributed by atoms with E-state index in [1.54, 1.807) is 0 Å². The van der Waals surface area contributed by atoms with E-state index in [1.807, 2.05) is 23.1 Å². The maximum absolute atomic E-state index is 11.7. The van der Waals surface area contributed by atoms with Gasteiger partial charge in [0.2, 0.25) is 0 Å². The lowest BCUT2D eigenvalue weighted by atomic mass is 9.84. The zero-order valence-electron chi connectivity index (χ0n) is 11.6. The Morgan fingerprint density at radius 2 is 2.14 bits per heavy atom. The van der Waals surface area contributed by atoms with E-state index in [9.17, 15) is 15.2 Å². The highest BCUT2D eigenvalue weighted by Gasteiger charge is 2.46. The Labute approximate surface area is 132 Å². The van der Waals surface area contributed by atoms with Gasteiger partial charge in [-0.1, -0.05) is 18.9 Å².